The molecule has 6 N–H and O–H groups in total. The van der Waals surface area contributed by atoms with E-state index < -0.39 is 30.6 Å². The molecule has 0 amide bonds. The lowest BCUT2D eigenvalue weighted by molar-refractivity contribution is -0.139. The molecule has 90 valence electrons. The number of hydrogen-bond acceptors (Lipinski definition) is 5. The van der Waals surface area contributed by atoms with Gasteiger partial charge in [-0.3, -0.25) is 14.4 Å². The van der Waals surface area contributed by atoms with Crippen molar-refractivity contribution in [1.82, 2.24) is 0 Å². The van der Waals surface area contributed by atoms with Crippen molar-refractivity contribution in [2.75, 3.05) is 6.61 Å². The summed E-state index contributed by atoms with van der Waals surface area (Å²) >= 11 is 0. The quantitative estimate of drug-likeness (QED) is 0.382. The summed E-state index contributed by atoms with van der Waals surface area (Å²) in [6.45, 7) is 1.66. The zero-order valence-electron chi connectivity index (χ0n) is 8.38. The minimum Gasteiger partial charge on any atom is -0.481 e. The van der Waals surface area contributed by atoms with E-state index >= 15 is 0 Å². The first-order chi connectivity index (χ1) is 6.64. The minimum absolute atomic E-state index is 0.505. The molecule has 0 saturated carbocycles. The predicted molar refractivity (Wildman–Crippen MR) is 49.3 cm³/mol. The Labute approximate surface area is 85.9 Å². The zero-order chi connectivity index (χ0) is 13.0. The molecule has 8 heteroatoms. The van der Waals surface area contributed by atoms with Crippen LogP contribution in [-0.2, 0) is 14.4 Å². The summed E-state index contributed by atoms with van der Waals surface area (Å²) in [7, 11) is 0. The number of aliphatic carboxylic acids is 3. The Hall–Kier alpha value is -1.67. The zero-order valence-corrected chi connectivity index (χ0v) is 8.38. The largest absolute Gasteiger partial charge is 0.481 e. The normalized spacial score (nSPS) is 9.60. The summed E-state index contributed by atoms with van der Waals surface area (Å²) in [6.07, 6.45) is 0. The van der Waals surface area contributed by atoms with Crippen LogP contribution in [0.25, 0.3) is 0 Å². The van der Waals surface area contributed by atoms with Gasteiger partial charge in [-0.1, -0.05) is 0 Å². The third-order valence-corrected chi connectivity index (χ3v) is 0.514. The Bertz CT molecular complexity index is 184. The van der Waals surface area contributed by atoms with Gasteiger partial charge in [0.1, 0.15) is 6.04 Å². The third kappa shape index (κ3) is 70.2. The fourth-order valence-electron chi connectivity index (χ4n) is 0.0781. The van der Waals surface area contributed by atoms with Crippen molar-refractivity contribution in [3.05, 3.63) is 0 Å². The maximum Gasteiger partial charge on any atom is 0.322 e. The Morgan fingerprint density at radius 2 is 1.27 bits per heavy atom. The number of aliphatic hydroxyl groups is 1. The topological polar surface area (TPSA) is 158 Å². The number of hydrogen-bond donors (Lipinski definition) is 5. The van der Waals surface area contributed by atoms with Gasteiger partial charge in [-0.2, -0.15) is 0 Å². The summed E-state index contributed by atoms with van der Waals surface area (Å²) in [5.41, 5.74) is 4.77. The van der Waals surface area contributed by atoms with Crippen molar-refractivity contribution < 1.29 is 34.8 Å². The molecule has 0 aromatic rings. The molecular formula is C7H15NO7. The van der Waals surface area contributed by atoms with Gasteiger partial charge in [0.05, 0.1) is 6.61 Å². The van der Waals surface area contributed by atoms with Crippen molar-refractivity contribution in [1.29, 1.82) is 0 Å². The molecule has 0 saturated heterocycles. The molecule has 8 nitrogen and oxygen atoms in total. The van der Waals surface area contributed by atoms with Gasteiger partial charge in [-0.05, 0) is 0 Å². The van der Waals surface area contributed by atoms with Gasteiger partial charge in [-0.15, -0.1) is 0 Å². The van der Waals surface area contributed by atoms with Crippen molar-refractivity contribution in [3.63, 3.8) is 0 Å². The Morgan fingerprint density at radius 1 is 1.07 bits per heavy atom. The third-order valence-electron chi connectivity index (χ3n) is 0.514. The van der Waals surface area contributed by atoms with Gasteiger partial charge in [0.15, 0.2) is 0 Å². The van der Waals surface area contributed by atoms with Crippen LogP contribution in [0.4, 0.5) is 0 Å². The highest BCUT2D eigenvalue weighted by molar-refractivity contribution is 5.73. The van der Waals surface area contributed by atoms with E-state index in [1.54, 1.807) is 0 Å². The van der Waals surface area contributed by atoms with E-state index in [0.717, 1.165) is 13.8 Å². The van der Waals surface area contributed by atoms with Crippen LogP contribution in [0.5, 0.6) is 0 Å². The van der Waals surface area contributed by atoms with Crippen LogP contribution in [0.2, 0.25) is 0 Å². The average Bonchev–Trinajstić information content (AvgIpc) is 2.00. The first kappa shape index (κ1) is 19.0. The number of carboxylic acid groups (broad SMARTS) is 3. The van der Waals surface area contributed by atoms with Crippen molar-refractivity contribution >= 4 is 17.9 Å². The number of nitrogens with two attached hydrogens (primary N) is 1. The first-order valence-corrected chi connectivity index (χ1v) is 3.63. The smallest absolute Gasteiger partial charge is 0.322 e. The summed E-state index contributed by atoms with van der Waals surface area (Å²) in [5.74, 6) is -2.84. The molecule has 0 aromatic heterocycles. The molecular weight excluding hydrogens is 210 g/mol. The second kappa shape index (κ2) is 12.3. The summed E-state index contributed by atoms with van der Waals surface area (Å²) < 4.78 is 0. The maximum absolute atomic E-state index is 9.65. The van der Waals surface area contributed by atoms with Crippen LogP contribution in [0.15, 0.2) is 0 Å². The van der Waals surface area contributed by atoms with Crippen LogP contribution in [0, 0.1) is 0 Å². The standard InChI is InChI=1S/C3H7NO3.2C2H4O2/c4-2(1-5)3(6)7;2*1-2(3)4/h2,5H,1,4H2,(H,6,7);2*1H3,(H,3,4). The van der Waals surface area contributed by atoms with Crippen molar-refractivity contribution in [3.8, 4) is 0 Å². The van der Waals surface area contributed by atoms with Gasteiger partial charge in [-0.25, -0.2) is 0 Å². The van der Waals surface area contributed by atoms with E-state index in [0.29, 0.717) is 0 Å². The van der Waals surface area contributed by atoms with Crippen molar-refractivity contribution in [2.45, 2.75) is 19.9 Å². The molecule has 0 bridgehead atoms. The summed E-state index contributed by atoms with van der Waals surface area (Å²) in [5, 5.41) is 30.7. The van der Waals surface area contributed by atoms with E-state index in [2.05, 4.69) is 0 Å². The highest BCUT2D eigenvalue weighted by atomic mass is 16.4. The van der Waals surface area contributed by atoms with Crippen LogP contribution >= 0.6 is 0 Å². The van der Waals surface area contributed by atoms with Crippen molar-refractivity contribution in [2.24, 2.45) is 5.73 Å². The molecule has 0 aromatic carbocycles. The van der Waals surface area contributed by atoms with Gasteiger partial charge < -0.3 is 26.2 Å². The maximum atomic E-state index is 9.65. The predicted octanol–water partition coefficient (Wildman–Crippen LogP) is -1.43. The lowest BCUT2D eigenvalue weighted by Crippen LogP contribution is -2.33. The highest BCUT2D eigenvalue weighted by Gasteiger charge is 2.06. The molecule has 0 aliphatic rings. The Morgan fingerprint density at radius 3 is 1.27 bits per heavy atom. The minimum atomic E-state index is -1.18. The summed E-state index contributed by atoms with van der Waals surface area (Å²) in [4.78, 5) is 27.6. The fraction of sp³-hybridized carbons (Fsp3) is 0.571. The lowest BCUT2D eigenvalue weighted by atomic mass is 10.3. The monoisotopic (exact) mass is 225 g/mol. The highest BCUT2D eigenvalue weighted by Crippen LogP contribution is 1.71. The number of carboxylic acids is 3. The molecule has 0 aliphatic carbocycles. The van der Waals surface area contributed by atoms with E-state index in [9.17, 15) is 4.79 Å². The second-order valence-electron chi connectivity index (χ2n) is 2.17. The molecule has 0 radical (unpaired) electrons. The SMILES string of the molecule is CC(=O)O.CC(=O)O.NC(CO)C(=O)O. The molecule has 0 rings (SSSR count). The van der Waals surface area contributed by atoms with E-state index in [-0.39, 0.29) is 0 Å². The van der Waals surface area contributed by atoms with Gasteiger partial charge >= 0.3 is 5.97 Å². The molecule has 0 fully saturated rings. The number of carbonyl (C=O) groups is 3. The van der Waals surface area contributed by atoms with Crippen LogP contribution in [-0.4, -0.2) is 51.0 Å². The Kier molecular flexibility index (Phi) is 15.6. The molecule has 15 heavy (non-hydrogen) atoms. The Balaban J connectivity index is -0.000000155. The first-order valence-electron chi connectivity index (χ1n) is 3.63. The van der Waals surface area contributed by atoms with Gasteiger partial charge in [0.25, 0.3) is 11.9 Å². The summed E-state index contributed by atoms with van der Waals surface area (Å²) in [6, 6.07) is -1.13. The fourth-order valence-corrected chi connectivity index (χ4v) is 0.0781. The lowest BCUT2D eigenvalue weighted by Gasteiger charge is -1.96. The molecule has 1 unspecified atom stereocenters. The van der Waals surface area contributed by atoms with E-state index in [4.69, 9.17) is 35.7 Å². The number of aliphatic hydroxyl groups excluding tert-OH is 1. The van der Waals surface area contributed by atoms with Crippen LogP contribution < -0.4 is 5.73 Å². The molecule has 1 atom stereocenters. The van der Waals surface area contributed by atoms with E-state index in [1.807, 2.05) is 0 Å². The van der Waals surface area contributed by atoms with Crippen LogP contribution in [0.3, 0.4) is 0 Å². The van der Waals surface area contributed by atoms with Gasteiger partial charge in [0.2, 0.25) is 0 Å². The molecule has 0 heterocycles. The molecule has 0 aliphatic heterocycles. The van der Waals surface area contributed by atoms with Gasteiger partial charge in [0, 0.05) is 13.8 Å². The average molecular weight is 225 g/mol. The van der Waals surface area contributed by atoms with Crippen LogP contribution in [0.1, 0.15) is 13.8 Å². The number of rotatable bonds is 2. The second-order valence-corrected chi connectivity index (χ2v) is 2.17. The molecule has 0 spiro atoms. The van der Waals surface area contributed by atoms with E-state index in [1.165, 1.54) is 0 Å².